The lowest BCUT2D eigenvalue weighted by atomic mass is 9.94. The molecule has 1 aliphatic heterocycles. The highest BCUT2D eigenvalue weighted by Gasteiger charge is 2.51. The zero-order valence-corrected chi connectivity index (χ0v) is 22.3. The summed E-state index contributed by atoms with van der Waals surface area (Å²) in [5, 5.41) is 3.66. The summed E-state index contributed by atoms with van der Waals surface area (Å²) in [4.78, 5) is 28.3. The Morgan fingerprint density at radius 3 is 2.24 bits per heavy atom. The molecule has 6 nitrogen and oxygen atoms in total. The van der Waals surface area contributed by atoms with E-state index in [4.69, 9.17) is 21.1 Å². The first-order valence-corrected chi connectivity index (χ1v) is 13.0. The molecule has 1 fully saturated rings. The Balaban J connectivity index is 0.00000336. The second-order valence-corrected chi connectivity index (χ2v) is 10.7. The van der Waals surface area contributed by atoms with E-state index in [1.807, 2.05) is 81.1 Å². The van der Waals surface area contributed by atoms with Gasteiger partial charge in [-0.2, -0.15) is 0 Å². The first-order valence-electron chi connectivity index (χ1n) is 12.6. The van der Waals surface area contributed by atoms with Crippen LogP contribution in [0.2, 0.25) is 5.02 Å². The van der Waals surface area contributed by atoms with Gasteiger partial charge in [0.25, 0.3) is 5.91 Å². The quantitative estimate of drug-likeness (QED) is 0.367. The zero-order chi connectivity index (χ0) is 26.3. The number of rotatable bonds is 7. The Bertz CT molecular complexity index is 1340. The molecule has 1 heterocycles. The van der Waals surface area contributed by atoms with Gasteiger partial charge in [-0.15, -0.1) is 0 Å². The third-order valence-electron chi connectivity index (χ3n) is 7.12. The molecule has 2 amide bonds. The van der Waals surface area contributed by atoms with E-state index in [1.54, 1.807) is 12.1 Å². The van der Waals surface area contributed by atoms with E-state index in [-0.39, 0.29) is 32.1 Å². The first-order chi connectivity index (χ1) is 17.7. The maximum atomic E-state index is 13.4. The predicted octanol–water partition coefficient (Wildman–Crippen LogP) is 6.91. The van der Waals surface area contributed by atoms with Gasteiger partial charge in [0.1, 0.15) is 0 Å². The van der Waals surface area contributed by atoms with Crippen LogP contribution in [0.25, 0.3) is 11.1 Å². The van der Waals surface area contributed by atoms with Crippen molar-refractivity contribution in [3.05, 3.63) is 76.8 Å². The molecule has 2 aliphatic rings. The van der Waals surface area contributed by atoms with Gasteiger partial charge in [0.05, 0.1) is 5.41 Å². The molecule has 0 bridgehead atoms. The second kappa shape index (κ2) is 9.75. The molecule has 0 unspecified atom stereocenters. The fourth-order valence-corrected chi connectivity index (χ4v) is 5.27. The molecule has 1 aliphatic carbocycles. The van der Waals surface area contributed by atoms with E-state index in [2.05, 4.69) is 5.32 Å². The number of carbonyl (C=O) groups is 2. The molecule has 1 N–H and O–H groups in total. The van der Waals surface area contributed by atoms with Crippen molar-refractivity contribution in [2.24, 2.45) is 0 Å². The molecule has 0 spiro atoms. The normalized spacial score (nSPS) is 15.1. The van der Waals surface area contributed by atoms with Crippen LogP contribution in [0, 0.1) is 0 Å². The van der Waals surface area contributed by atoms with Gasteiger partial charge in [-0.3, -0.25) is 9.59 Å². The molecule has 0 aromatic heterocycles. The molecule has 37 heavy (non-hydrogen) atoms. The Morgan fingerprint density at radius 2 is 1.59 bits per heavy atom. The lowest BCUT2D eigenvalue weighted by Crippen LogP contribution is -2.42. The molecule has 3 aromatic carbocycles. The lowest BCUT2D eigenvalue weighted by molar-refractivity contribution is -0.118. The summed E-state index contributed by atoms with van der Waals surface area (Å²) in [5.74, 6) is 1.33. The Labute approximate surface area is 224 Å². The molecule has 0 atom stereocenters. The highest BCUT2D eigenvalue weighted by molar-refractivity contribution is 6.33. The van der Waals surface area contributed by atoms with Crippen molar-refractivity contribution in [3.63, 3.8) is 0 Å². The molecular weight excluding hydrogens is 488 g/mol. The summed E-state index contributed by atoms with van der Waals surface area (Å²) in [5.41, 5.74) is 3.32. The van der Waals surface area contributed by atoms with Gasteiger partial charge in [0, 0.05) is 35.3 Å². The minimum Gasteiger partial charge on any atom is -0.454 e. The molecule has 5 rings (SSSR count). The number of fused-ring (bicyclic) bond motifs is 1. The van der Waals surface area contributed by atoms with Crippen molar-refractivity contribution in [3.8, 4) is 22.6 Å². The van der Waals surface area contributed by atoms with Crippen molar-refractivity contribution >= 4 is 29.1 Å². The van der Waals surface area contributed by atoms with Gasteiger partial charge in [0.2, 0.25) is 12.7 Å². The smallest absolute Gasteiger partial charge is 0.254 e. The van der Waals surface area contributed by atoms with Crippen molar-refractivity contribution in [2.45, 2.75) is 58.0 Å². The predicted molar refractivity (Wildman–Crippen MR) is 148 cm³/mol. The Kier molecular flexibility index (Phi) is 6.63. The van der Waals surface area contributed by atoms with E-state index in [0.29, 0.717) is 27.8 Å². The van der Waals surface area contributed by atoms with Crippen LogP contribution in [0.1, 0.15) is 57.9 Å². The fourth-order valence-electron chi connectivity index (χ4n) is 5.05. The van der Waals surface area contributed by atoms with E-state index in [9.17, 15) is 9.59 Å². The van der Waals surface area contributed by atoms with E-state index in [0.717, 1.165) is 29.5 Å². The van der Waals surface area contributed by atoms with Gasteiger partial charge in [-0.05, 0) is 94.1 Å². The maximum Gasteiger partial charge on any atom is 0.254 e. The van der Waals surface area contributed by atoms with E-state index in [1.165, 1.54) is 0 Å². The summed E-state index contributed by atoms with van der Waals surface area (Å²) in [6.07, 6.45) is 1.55. The van der Waals surface area contributed by atoms with Crippen LogP contribution in [0.4, 0.5) is 5.69 Å². The Morgan fingerprint density at radius 1 is 0.919 bits per heavy atom. The molecule has 0 radical (unpaired) electrons. The maximum absolute atomic E-state index is 13.4. The van der Waals surface area contributed by atoms with Gasteiger partial charge in [0.15, 0.2) is 11.5 Å². The average molecular weight is 521 g/mol. The Hall–Kier alpha value is -3.51. The monoisotopic (exact) mass is 520 g/mol. The molecule has 1 saturated carbocycles. The number of hydrogen-bond donors (Lipinski definition) is 1. The summed E-state index contributed by atoms with van der Waals surface area (Å²) in [7, 11) is 0. The highest BCUT2D eigenvalue weighted by Crippen LogP contribution is 2.51. The third-order valence-corrected chi connectivity index (χ3v) is 7.45. The number of hydrogen-bond acceptors (Lipinski definition) is 4. The van der Waals surface area contributed by atoms with Crippen LogP contribution < -0.4 is 14.8 Å². The number of nitrogens with one attached hydrogen (secondary N) is 1. The molecule has 3 aromatic rings. The second-order valence-electron chi connectivity index (χ2n) is 10.3. The molecule has 0 saturated heterocycles. The minimum absolute atomic E-state index is 0. The van der Waals surface area contributed by atoms with Crippen LogP contribution in [-0.2, 0) is 10.2 Å². The van der Waals surface area contributed by atoms with Crippen LogP contribution >= 0.6 is 11.6 Å². The van der Waals surface area contributed by atoms with Crippen molar-refractivity contribution < 1.29 is 20.5 Å². The van der Waals surface area contributed by atoms with E-state index >= 15 is 0 Å². The van der Waals surface area contributed by atoms with Crippen LogP contribution in [0.5, 0.6) is 11.5 Å². The number of anilines is 1. The summed E-state index contributed by atoms with van der Waals surface area (Å²) in [6, 6.07) is 18.8. The SMILES string of the molecule is CC(C)N(C(=O)c1ccc(-c2cc(NC(=O)C3(c4ccc5c(c4)OCO5)CC3)ccc2Cl)cc1)C(C)C.[HH]. The number of halogens is 1. The standard InChI is InChI=1S/C30H31ClN2O4.H2/c1-18(2)33(19(3)4)28(34)21-7-5-20(6-8-21)24-16-23(10-11-25(24)31)32-29(35)30(13-14-30)22-9-12-26-27(15-22)37-17-36-26;/h5-12,15-16,18-19H,13-14,17H2,1-4H3,(H,32,35);1H. The van der Waals surface area contributed by atoms with Crippen molar-refractivity contribution in [2.75, 3.05) is 12.1 Å². The van der Waals surface area contributed by atoms with Gasteiger partial charge >= 0.3 is 0 Å². The summed E-state index contributed by atoms with van der Waals surface area (Å²) in [6.45, 7) is 8.27. The molecule has 7 heteroatoms. The molecular formula is C30H33ClN2O4. The highest BCUT2D eigenvalue weighted by atomic mass is 35.5. The minimum atomic E-state index is -0.568. The zero-order valence-electron chi connectivity index (χ0n) is 21.5. The van der Waals surface area contributed by atoms with Crippen molar-refractivity contribution in [1.82, 2.24) is 4.90 Å². The lowest BCUT2D eigenvalue weighted by Gasteiger charge is -2.30. The first kappa shape index (κ1) is 25.2. The largest absolute Gasteiger partial charge is 0.454 e. The molecule has 194 valence electrons. The number of nitrogens with zero attached hydrogens (tertiary/aromatic N) is 1. The number of amides is 2. The van der Waals surface area contributed by atoms with Gasteiger partial charge in [-0.1, -0.05) is 29.8 Å². The number of benzene rings is 3. The number of ether oxygens (including phenoxy) is 2. The average Bonchev–Trinajstić information content (AvgIpc) is 3.55. The topological polar surface area (TPSA) is 67.9 Å². The van der Waals surface area contributed by atoms with Gasteiger partial charge in [-0.25, -0.2) is 0 Å². The summed E-state index contributed by atoms with van der Waals surface area (Å²) >= 11 is 6.54. The third kappa shape index (κ3) is 4.78. The number of carbonyl (C=O) groups excluding carboxylic acids is 2. The van der Waals surface area contributed by atoms with Crippen LogP contribution in [-0.4, -0.2) is 35.6 Å². The van der Waals surface area contributed by atoms with E-state index < -0.39 is 5.41 Å². The van der Waals surface area contributed by atoms with Crippen molar-refractivity contribution in [1.29, 1.82) is 0 Å². The van der Waals surface area contributed by atoms with Crippen LogP contribution in [0.3, 0.4) is 0 Å². The fraction of sp³-hybridized carbons (Fsp3) is 0.333. The van der Waals surface area contributed by atoms with Crippen LogP contribution in [0.15, 0.2) is 60.7 Å². The van der Waals surface area contributed by atoms with Gasteiger partial charge < -0.3 is 19.7 Å². The summed E-state index contributed by atoms with van der Waals surface area (Å²) < 4.78 is 10.9.